The molecule has 6 aromatic rings. The van der Waals surface area contributed by atoms with Gasteiger partial charge in [0.15, 0.2) is 0 Å². The van der Waals surface area contributed by atoms with E-state index in [0.717, 1.165) is 62.7 Å². The SMILES string of the molecule is CCCc1ccc2nc(-c3cccc(-c4ccc5ccc6cccnc6c5n4)c3)ccc2c1. The minimum atomic E-state index is 0.933. The van der Waals surface area contributed by atoms with Gasteiger partial charge in [0.25, 0.3) is 0 Å². The first-order valence-electron chi connectivity index (χ1n) is 11.4. The van der Waals surface area contributed by atoms with E-state index in [2.05, 4.69) is 96.8 Å². The molecule has 158 valence electrons. The summed E-state index contributed by atoms with van der Waals surface area (Å²) in [7, 11) is 0. The summed E-state index contributed by atoms with van der Waals surface area (Å²) >= 11 is 0. The molecule has 0 unspecified atom stereocenters. The molecule has 3 heteroatoms. The van der Waals surface area contributed by atoms with Crippen LogP contribution < -0.4 is 0 Å². The molecule has 0 radical (unpaired) electrons. The lowest BCUT2D eigenvalue weighted by Crippen LogP contribution is -1.90. The Morgan fingerprint density at radius 3 is 2.15 bits per heavy atom. The molecule has 0 saturated heterocycles. The maximum absolute atomic E-state index is 5.00. The average Bonchev–Trinajstić information content (AvgIpc) is 2.88. The summed E-state index contributed by atoms with van der Waals surface area (Å²) in [6.07, 6.45) is 4.08. The summed E-state index contributed by atoms with van der Waals surface area (Å²) in [4.78, 5) is 14.5. The molecular formula is C30H23N3. The molecule has 0 amide bonds. The lowest BCUT2D eigenvalue weighted by Gasteiger charge is -2.09. The third-order valence-corrected chi connectivity index (χ3v) is 6.18. The lowest BCUT2D eigenvalue weighted by atomic mass is 10.0. The van der Waals surface area contributed by atoms with E-state index < -0.39 is 0 Å². The van der Waals surface area contributed by atoms with Crippen molar-refractivity contribution in [3.05, 3.63) is 103 Å². The topological polar surface area (TPSA) is 38.7 Å². The van der Waals surface area contributed by atoms with E-state index >= 15 is 0 Å². The zero-order valence-corrected chi connectivity index (χ0v) is 18.5. The van der Waals surface area contributed by atoms with Crippen LogP contribution in [0.5, 0.6) is 0 Å². The molecule has 3 aromatic heterocycles. The molecule has 0 spiro atoms. The third kappa shape index (κ3) is 3.62. The summed E-state index contributed by atoms with van der Waals surface area (Å²) in [5.41, 5.74) is 8.33. The quantitative estimate of drug-likeness (QED) is 0.273. The third-order valence-electron chi connectivity index (χ3n) is 6.18. The standard InChI is InChI=1S/C30H23N3/c1-2-5-20-9-14-26-25(18-20)13-16-27(32-26)23-6-3-7-24(19-23)28-15-12-22-11-10-21-8-4-17-31-29(21)30(22)33-28/h3-4,6-19H,2,5H2,1H3. The molecule has 0 bridgehead atoms. The molecule has 0 aliphatic carbocycles. The number of nitrogens with zero attached hydrogens (tertiary/aromatic N) is 3. The van der Waals surface area contributed by atoms with Crippen molar-refractivity contribution in [1.82, 2.24) is 15.0 Å². The molecule has 3 nitrogen and oxygen atoms in total. The zero-order valence-electron chi connectivity index (χ0n) is 18.5. The number of hydrogen-bond acceptors (Lipinski definition) is 3. The van der Waals surface area contributed by atoms with Crippen LogP contribution in [-0.4, -0.2) is 15.0 Å². The van der Waals surface area contributed by atoms with Crippen molar-refractivity contribution in [2.75, 3.05) is 0 Å². The fourth-order valence-electron chi connectivity index (χ4n) is 4.50. The van der Waals surface area contributed by atoms with E-state index in [1.807, 2.05) is 12.3 Å². The van der Waals surface area contributed by atoms with Crippen molar-refractivity contribution in [2.45, 2.75) is 19.8 Å². The van der Waals surface area contributed by atoms with Crippen molar-refractivity contribution in [1.29, 1.82) is 0 Å². The highest BCUT2D eigenvalue weighted by Gasteiger charge is 2.08. The fourth-order valence-corrected chi connectivity index (χ4v) is 4.50. The molecule has 0 saturated carbocycles. The van der Waals surface area contributed by atoms with E-state index in [4.69, 9.17) is 9.97 Å². The van der Waals surface area contributed by atoms with Crippen LogP contribution in [0.4, 0.5) is 0 Å². The number of pyridine rings is 3. The zero-order chi connectivity index (χ0) is 22.2. The van der Waals surface area contributed by atoms with Crippen LogP contribution in [0.3, 0.4) is 0 Å². The van der Waals surface area contributed by atoms with Gasteiger partial charge in [-0.25, -0.2) is 9.97 Å². The highest BCUT2D eigenvalue weighted by atomic mass is 14.8. The number of fused-ring (bicyclic) bond motifs is 4. The van der Waals surface area contributed by atoms with Crippen molar-refractivity contribution in [2.24, 2.45) is 0 Å². The van der Waals surface area contributed by atoms with Gasteiger partial charge < -0.3 is 0 Å². The van der Waals surface area contributed by atoms with E-state index in [1.54, 1.807) is 0 Å². The summed E-state index contributed by atoms with van der Waals surface area (Å²) in [6, 6.07) is 31.8. The summed E-state index contributed by atoms with van der Waals surface area (Å²) in [5.74, 6) is 0. The largest absolute Gasteiger partial charge is 0.254 e. The average molecular weight is 426 g/mol. The molecule has 6 rings (SSSR count). The molecule has 0 atom stereocenters. The van der Waals surface area contributed by atoms with Gasteiger partial charge in [0.2, 0.25) is 0 Å². The van der Waals surface area contributed by atoms with Gasteiger partial charge in [-0.3, -0.25) is 4.98 Å². The van der Waals surface area contributed by atoms with Gasteiger partial charge in [-0.2, -0.15) is 0 Å². The van der Waals surface area contributed by atoms with E-state index in [0.29, 0.717) is 0 Å². The minimum Gasteiger partial charge on any atom is -0.254 e. The van der Waals surface area contributed by atoms with E-state index in [-0.39, 0.29) is 0 Å². The normalized spacial score (nSPS) is 11.4. The number of aryl methyl sites for hydroxylation is 1. The number of aromatic nitrogens is 3. The lowest BCUT2D eigenvalue weighted by molar-refractivity contribution is 0.923. The predicted octanol–water partition coefficient (Wildman–Crippen LogP) is 7.62. The van der Waals surface area contributed by atoms with Gasteiger partial charge >= 0.3 is 0 Å². The summed E-state index contributed by atoms with van der Waals surface area (Å²) in [6.45, 7) is 2.21. The van der Waals surface area contributed by atoms with Crippen LogP contribution in [0, 0.1) is 0 Å². The highest BCUT2D eigenvalue weighted by molar-refractivity contribution is 6.03. The van der Waals surface area contributed by atoms with Crippen LogP contribution in [0.25, 0.3) is 55.2 Å². The van der Waals surface area contributed by atoms with Crippen molar-refractivity contribution in [3.8, 4) is 22.5 Å². The number of rotatable bonds is 4. The second-order valence-corrected chi connectivity index (χ2v) is 8.46. The molecule has 33 heavy (non-hydrogen) atoms. The Bertz CT molecular complexity index is 1640. The van der Waals surface area contributed by atoms with Crippen LogP contribution >= 0.6 is 0 Å². The van der Waals surface area contributed by atoms with Gasteiger partial charge in [0.05, 0.1) is 27.9 Å². The van der Waals surface area contributed by atoms with E-state index in [1.165, 1.54) is 10.9 Å². The van der Waals surface area contributed by atoms with Crippen LogP contribution in [0.2, 0.25) is 0 Å². The Labute approximate surface area is 192 Å². The second kappa shape index (κ2) is 8.10. The van der Waals surface area contributed by atoms with Crippen LogP contribution in [-0.2, 0) is 6.42 Å². The smallest absolute Gasteiger partial charge is 0.0972 e. The van der Waals surface area contributed by atoms with Crippen LogP contribution in [0.15, 0.2) is 97.2 Å². The van der Waals surface area contributed by atoms with Crippen molar-refractivity contribution < 1.29 is 0 Å². The Balaban J connectivity index is 1.42. The van der Waals surface area contributed by atoms with Gasteiger partial charge in [0.1, 0.15) is 0 Å². The molecular weight excluding hydrogens is 402 g/mol. The maximum atomic E-state index is 5.00. The Morgan fingerprint density at radius 2 is 1.33 bits per heavy atom. The first-order chi connectivity index (χ1) is 16.3. The molecule has 3 aromatic carbocycles. The predicted molar refractivity (Wildman–Crippen MR) is 137 cm³/mol. The molecule has 0 aliphatic heterocycles. The fraction of sp³-hybridized carbons (Fsp3) is 0.100. The van der Waals surface area contributed by atoms with Gasteiger partial charge in [-0.05, 0) is 48.4 Å². The molecule has 0 fully saturated rings. The summed E-state index contributed by atoms with van der Waals surface area (Å²) in [5, 5.41) is 3.39. The second-order valence-electron chi connectivity index (χ2n) is 8.46. The van der Waals surface area contributed by atoms with Gasteiger partial charge in [-0.1, -0.05) is 67.9 Å². The Hall–Kier alpha value is -4.11. The monoisotopic (exact) mass is 425 g/mol. The van der Waals surface area contributed by atoms with Gasteiger partial charge in [0, 0.05) is 33.5 Å². The number of benzene rings is 3. The maximum Gasteiger partial charge on any atom is 0.0972 e. The van der Waals surface area contributed by atoms with Crippen molar-refractivity contribution in [3.63, 3.8) is 0 Å². The first-order valence-corrected chi connectivity index (χ1v) is 11.4. The first kappa shape index (κ1) is 19.6. The van der Waals surface area contributed by atoms with Gasteiger partial charge in [-0.15, -0.1) is 0 Å². The molecule has 0 N–H and O–H groups in total. The Kier molecular flexibility index (Phi) is 4.80. The summed E-state index contributed by atoms with van der Waals surface area (Å²) < 4.78 is 0. The highest BCUT2D eigenvalue weighted by Crippen LogP contribution is 2.29. The molecule has 3 heterocycles. The number of hydrogen-bond donors (Lipinski definition) is 0. The minimum absolute atomic E-state index is 0.933. The van der Waals surface area contributed by atoms with Crippen molar-refractivity contribution >= 4 is 32.7 Å². The molecule has 0 aliphatic rings. The van der Waals surface area contributed by atoms with Crippen LogP contribution in [0.1, 0.15) is 18.9 Å². The van der Waals surface area contributed by atoms with E-state index in [9.17, 15) is 0 Å². The Morgan fingerprint density at radius 1 is 0.606 bits per heavy atom.